The van der Waals surface area contributed by atoms with Crippen molar-refractivity contribution >= 4 is 52.4 Å². The predicted octanol–water partition coefficient (Wildman–Crippen LogP) is -2.42. The van der Waals surface area contributed by atoms with Crippen LogP contribution in [-0.2, 0) is 40.0 Å². The van der Waals surface area contributed by atoms with Crippen molar-refractivity contribution in [1.29, 1.82) is 0 Å². The van der Waals surface area contributed by atoms with Gasteiger partial charge in [-0.2, -0.15) is 0 Å². The summed E-state index contributed by atoms with van der Waals surface area (Å²) in [5, 5.41) is 25.9. The van der Waals surface area contributed by atoms with Gasteiger partial charge in [-0.3, -0.25) is 28.8 Å². The maximum Gasteiger partial charge on any atom is 0.326 e. The van der Waals surface area contributed by atoms with Crippen LogP contribution < -0.4 is 33.2 Å². The minimum Gasteiger partial charge on any atom is -0.481 e. The molecule has 0 fully saturated rings. The molecule has 16 nitrogen and oxygen atoms in total. The quantitative estimate of drug-likeness (QED) is 0.0961. The zero-order valence-corrected chi connectivity index (χ0v) is 21.9. The Balaban J connectivity index is 2.32. The van der Waals surface area contributed by atoms with Crippen LogP contribution in [0.1, 0.15) is 37.7 Å². The minimum absolute atomic E-state index is 0.0783. The Morgan fingerprint density at radius 1 is 0.780 bits per heavy atom. The van der Waals surface area contributed by atoms with Crippen molar-refractivity contribution in [2.75, 3.05) is 0 Å². The summed E-state index contributed by atoms with van der Waals surface area (Å²) in [5.41, 5.74) is 17.5. The van der Waals surface area contributed by atoms with Crippen LogP contribution in [0.15, 0.2) is 30.5 Å². The Labute approximate surface area is 233 Å². The number of aromatic nitrogens is 1. The molecule has 0 radical (unpaired) electrons. The van der Waals surface area contributed by atoms with Crippen molar-refractivity contribution < 1.29 is 43.8 Å². The first-order valence-corrected chi connectivity index (χ1v) is 12.5. The van der Waals surface area contributed by atoms with E-state index in [1.165, 1.54) is 0 Å². The number of hydrogen-bond acceptors (Lipinski definition) is 8. The highest BCUT2D eigenvalue weighted by molar-refractivity contribution is 5.95. The maximum absolute atomic E-state index is 13.4. The second-order valence-corrected chi connectivity index (χ2v) is 9.30. The first-order valence-electron chi connectivity index (χ1n) is 12.5. The Morgan fingerprint density at radius 2 is 1.34 bits per heavy atom. The van der Waals surface area contributed by atoms with Crippen molar-refractivity contribution in [3.05, 3.63) is 36.0 Å². The average molecular weight is 576 g/mol. The van der Waals surface area contributed by atoms with Gasteiger partial charge in [0.25, 0.3) is 0 Å². The molecular formula is C25H33N7O9. The molecule has 0 aliphatic heterocycles. The van der Waals surface area contributed by atoms with Crippen LogP contribution in [0.5, 0.6) is 0 Å². The van der Waals surface area contributed by atoms with Crippen molar-refractivity contribution in [2.24, 2.45) is 17.2 Å². The number of nitrogens with two attached hydrogens (primary N) is 3. The monoisotopic (exact) mass is 575 g/mol. The molecule has 4 unspecified atom stereocenters. The lowest BCUT2D eigenvalue weighted by atomic mass is 10.0. The van der Waals surface area contributed by atoms with E-state index < -0.39 is 72.1 Å². The third kappa shape index (κ3) is 10.2. The van der Waals surface area contributed by atoms with E-state index in [9.17, 15) is 38.7 Å². The van der Waals surface area contributed by atoms with Crippen molar-refractivity contribution in [3.8, 4) is 0 Å². The van der Waals surface area contributed by atoms with Crippen molar-refractivity contribution in [1.82, 2.24) is 20.9 Å². The summed E-state index contributed by atoms with van der Waals surface area (Å²) in [7, 11) is 0. The number of carboxylic acids is 2. The van der Waals surface area contributed by atoms with E-state index in [1.807, 2.05) is 5.32 Å². The predicted molar refractivity (Wildman–Crippen MR) is 143 cm³/mol. The number of fused-ring (bicyclic) bond motifs is 1. The SMILES string of the molecule is NC(=O)CCC(N)C(=O)NC(Cc1c[nH]c2ccccc12)C(=O)NC(CCC(N)=O)C(=O)NC(CC(=O)O)C(=O)O. The Hall–Kier alpha value is -4.99. The summed E-state index contributed by atoms with van der Waals surface area (Å²) in [4.78, 5) is 87.1. The van der Waals surface area contributed by atoms with Crippen LogP contribution >= 0.6 is 0 Å². The average Bonchev–Trinajstić information content (AvgIpc) is 3.30. The topological polar surface area (TPSA) is 290 Å². The molecule has 2 rings (SSSR count). The van der Waals surface area contributed by atoms with Gasteiger partial charge in [0, 0.05) is 36.4 Å². The lowest BCUT2D eigenvalue weighted by Gasteiger charge is -2.25. The fraction of sp³-hybridized carbons (Fsp3) is 0.400. The molecule has 5 amide bonds. The van der Waals surface area contributed by atoms with Crippen LogP contribution in [-0.4, -0.2) is 80.8 Å². The number of aromatic amines is 1. The summed E-state index contributed by atoms with van der Waals surface area (Å²) in [6.07, 6.45) is -0.392. The number of aliphatic carboxylic acids is 2. The molecule has 41 heavy (non-hydrogen) atoms. The van der Waals surface area contributed by atoms with Gasteiger partial charge in [0.15, 0.2) is 0 Å². The van der Waals surface area contributed by atoms with Gasteiger partial charge >= 0.3 is 11.9 Å². The van der Waals surface area contributed by atoms with Crippen molar-refractivity contribution in [3.63, 3.8) is 0 Å². The summed E-state index contributed by atoms with van der Waals surface area (Å²) in [5.74, 6) is -7.37. The van der Waals surface area contributed by atoms with E-state index in [0.717, 1.165) is 10.9 Å². The molecule has 1 heterocycles. The molecule has 0 aliphatic rings. The third-order valence-electron chi connectivity index (χ3n) is 6.08. The molecule has 2 aromatic rings. The van der Waals surface area contributed by atoms with E-state index >= 15 is 0 Å². The molecule has 12 N–H and O–H groups in total. The normalized spacial score (nSPS) is 13.8. The number of nitrogens with one attached hydrogen (secondary N) is 4. The highest BCUT2D eigenvalue weighted by Crippen LogP contribution is 2.19. The van der Waals surface area contributed by atoms with Crippen molar-refractivity contribution in [2.45, 2.75) is 62.7 Å². The fourth-order valence-corrected chi connectivity index (χ4v) is 3.91. The zero-order valence-electron chi connectivity index (χ0n) is 21.9. The van der Waals surface area contributed by atoms with Crippen LogP contribution in [0.25, 0.3) is 10.9 Å². The molecule has 1 aromatic carbocycles. The van der Waals surface area contributed by atoms with Crippen LogP contribution in [0, 0.1) is 0 Å². The van der Waals surface area contributed by atoms with Gasteiger partial charge in [-0.1, -0.05) is 18.2 Å². The van der Waals surface area contributed by atoms with Gasteiger partial charge in [0.2, 0.25) is 29.5 Å². The van der Waals surface area contributed by atoms with Crippen LogP contribution in [0.4, 0.5) is 0 Å². The first kappa shape index (κ1) is 32.2. The second kappa shape index (κ2) is 15.0. The highest BCUT2D eigenvalue weighted by Gasteiger charge is 2.32. The molecule has 1 aromatic heterocycles. The van der Waals surface area contributed by atoms with E-state index in [-0.39, 0.29) is 32.1 Å². The Morgan fingerprint density at radius 3 is 1.95 bits per heavy atom. The van der Waals surface area contributed by atoms with Gasteiger partial charge in [-0.15, -0.1) is 0 Å². The molecule has 0 saturated carbocycles. The summed E-state index contributed by atoms with van der Waals surface area (Å²) in [6, 6.07) is 1.30. The number of carbonyl (C=O) groups excluding carboxylic acids is 5. The van der Waals surface area contributed by atoms with E-state index in [2.05, 4.69) is 15.6 Å². The number of carbonyl (C=O) groups is 7. The molecule has 4 atom stereocenters. The Bertz CT molecular complexity index is 1310. The number of para-hydroxylation sites is 1. The van der Waals surface area contributed by atoms with Crippen LogP contribution in [0.2, 0.25) is 0 Å². The molecular weight excluding hydrogens is 542 g/mol. The van der Waals surface area contributed by atoms with Gasteiger partial charge < -0.3 is 48.3 Å². The molecule has 0 spiro atoms. The number of H-pyrrole nitrogens is 1. The third-order valence-corrected chi connectivity index (χ3v) is 6.08. The lowest BCUT2D eigenvalue weighted by molar-refractivity contribution is -0.147. The van der Waals surface area contributed by atoms with Gasteiger partial charge in [0.1, 0.15) is 18.1 Å². The molecule has 0 saturated heterocycles. The van der Waals surface area contributed by atoms with Gasteiger partial charge in [0.05, 0.1) is 12.5 Å². The second-order valence-electron chi connectivity index (χ2n) is 9.30. The zero-order chi connectivity index (χ0) is 30.7. The molecule has 222 valence electrons. The number of primary amides is 2. The highest BCUT2D eigenvalue weighted by atomic mass is 16.4. The van der Waals surface area contributed by atoms with E-state index in [4.69, 9.17) is 22.3 Å². The standard InChI is InChI=1S/C25H33N7O9/c26-14(5-7-19(27)33)22(37)31-17(9-12-11-29-15-4-2-1-3-13(12)15)24(39)30-16(6-8-20(28)34)23(38)32-18(25(40)41)10-21(35)36/h1-4,11,14,16-18,29H,5-10,26H2,(H2,27,33)(H2,28,34)(H,30,39)(H,31,37)(H,32,38)(H,35,36)(H,40,41). The first-order chi connectivity index (χ1) is 19.3. The number of rotatable bonds is 17. The smallest absolute Gasteiger partial charge is 0.326 e. The number of benzene rings is 1. The van der Waals surface area contributed by atoms with Gasteiger partial charge in [-0.25, -0.2) is 4.79 Å². The maximum atomic E-state index is 13.4. The van der Waals surface area contributed by atoms with Gasteiger partial charge in [-0.05, 0) is 24.5 Å². The molecule has 0 bridgehead atoms. The minimum atomic E-state index is -1.82. The largest absolute Gasteiger partial charge is 0.481 e. The number of hydrogen-bond donors (Lipinski definition) is 9. The summed E-state index contributed by atoms with van der Waals surface area (Å²) < 4.78 is 0. The molecule has 16 heteroatoms. The number of amides is 5. The Kier molecular flexibility index (Phi) is 11.8. The van der Waals surface area contributed by atoms with E-state index in [1.54, 1.807) is 30.5 Å². The van der Waals surface area contributed by atoms with Crippen LogP contribution in [0.3, 0.4) is 0 Å². The summed E-state index contributed by atoms with van der Waals surface area (Å²) >= 11 is 0. The fourth-order valence-electron chi connectivity index (χ4n) is 3.91. The number of carboxylic acid groups (broad SMARTS) is 2. The molecule has 0 aliphatic carbocycles. The summed E-state index contributed by atoms with van der Waals surface area (Å²) in [6.45, 7) is 0. The lowest BCUT2D eigenvalue weighted by Crippen LogP contribution is -2.57. The van der Waals surface area contributed by atoms with E-state index in [0.29, 0.717) is 5.56 Å².